The smallest absolute Gasteiger partial charge is 0.405 e. The van der Waals surface area contributed by atoms with Gasteiger partial charge in [-0.25, -0.2) is 0 Å². The Hall–Kier alpha value is -1.47. The van der Waals surface area contributed by atoms with E-state index in [1.165, 1.54) is 6.07 Å². The molecule has 1 aromatic carbocycles. The van der Waals surface area contributed by atoms with Crippen LogP contribution in [0.2, 0.25) is 0 Å². The van der Waals surface area contributed by atoms with Crippen molar-refractivity contribution in [3.8, 4) is 5.75 Å². The summed E-state index contributed by atoms with van der Waals surface area (Å²) in [6.07, 6.45) is -3.10. The molecule has 1 aliphatic rings. The van der Waals surface area contributed by atoms with Gasteiger partial charge in [0.25, 0.3) is 5.91 Å². The lowest BCUT2D eigenvalue weighted by Crippen LogP contribution is -2.27. The number of carbonyl (C=O) groups excluding carboxylic acids is 1. The number of halogens is 4. The normalized spacial score (nSPS) is 16.1. The summed E-state index contributed by atoms with van der Waals surface area (Å²) in [7, 11) is 0. The van der Waals surface area contributed by atoms with Crippen molar-refractivity contribution in [3.05, 3.63) is 29.3 Å². The number of hydrogen-bond acceptors (Lipinski definition) is 3. The first kappa shape index (κ1) is 17.6. The SMILES string of the molecule is Cl.NC(=O)c1cc(C2CCNCC2)ccc1OC(F)(F)F. The molecule has 1 saturated heterocycles. The minimum Gasteiger partial charge on any atom is -0.405 e. The quantitative estimate of drug-likeness (QED) is 0.898. The molecule has 1 heterocycles. The number of nitrogens with one attached hydrogen (secondary N) is 1. The fourth-order valence-electron chi connectivity index (χ4n) is 2.36. The molecule has 118 valence electrons. The minimum atomic E-state index is -4.85. The molecule has 0 aliphatic carbocycles. The van der Waals surface area contributed by atoms with Crippen LogP contribution in [0.25, 0.3) is 0 Å². The molecule has 2 rings (SSSR count). The number of hydrogen-bond donors (Lipinski definition) is 2. The summed E-state index contributed by atoms with van der Waals surface area (Å²) < 4.78 is 40.6. The zero-order valence-electron chi connectivity index (χ0n) is 11.1. The number of carbonyl (C=O) groups is 1. The monoisotopic (exact) mass is 324 g/mol. The van der Waals surface area contributed by atoms with Gasteiger partial charge in [0.1, 0.15) is 5.75 Å². The molecule has 0 bridgehead atoms. The second-order valence-electron chi connectivity index (χ2n) is 4.69. The molecule has 0 aromatic heterocycles. The van der Waals surface area contributed by atoms with Crippen molar-refractivity contribution in [2.24, 2.45) is 5.73 Å². The zero-order valence-corrected chi connectivity index (χ0v) is 11.9. The molecule has 3 N–H and O–H groups in total. The maximum absolute atomic E-state index is 12.3. The van der Waals surface area contributed by atoms with E-state index in [1.807, 2.05) is 0 Å². The van der Waals surface area contributed by atoms with E-state index in [-0.39, 0.29) is 23.9 Å². The van der Waals surface area contributed by atoms with Crippen molar-refractivity contribution in [2.75, 3.05) is 13.1 Å². The average Bonchev–Trinajstić information content (AvgIpc) is 2.38. The number of ether oxygens (including phenoxy) is 1. The van der Waals surface area contributed by atoms with Gasteiger partial charge in [-0.15, -0.1) is 25.6 Å². The molecule has 21 heavy (non-hydrogen) atoms. The predicted molar refractivity (Wildman–Crippen MR) is 73.7 cm³/mol. The fourth-order valence-corrected chi connectivity index (χ4v) is 2.36. The van der Waals surface area contributed by atoms with Crippen LogP contribution in [0.5, 0.6) is 5.75 Å². The van der Waals surface area contributed by atoms with Crippen LogP contribution >= 0.6 is 12.4 Å². The molecule has 0 atom stereocenters. The lowest BCUT2D eigenvalue weighted by molar-refractivity contribution is -0.274. The lowest BCUT2D eigenvalue weighted by atomic mass is 9.89. The lowest BCUT2D eigenvalue weighted by Gasteiger charge is -2.23. The maximum atomic E-state index is 12.3. The van der Waals surface area contributed by atoms with E-state index >= 15 is 0 Å². The highest BCUT2D eigenvalue weighted by Crippen LogP contribution is 2.31. The Kier molecular flexibility index (Phi) is 5.86. The Morgan fingerprint density at radius 3 is 2.43 bits per heavy atom. The topological polar surface area (TPSA) is 64.4 Å². The minimum absolute atomic E-state index is 0. The van der Waals surface area contributed by atoms with E-state index in [4.69, 9.17) is 5.73 Å². The van der Waals surface area contributed by atoms with Gasteiger partial charge < -0.3 is 15.8 Å². The number of amides is 1. The molecule has 0 spiro atoms. The van der Waals surface area contributed by atoms with Gasteiger partial charge in [-0.2, -0.15) is 0 Å². The molecular formula is C13H16ClF3N2O2. The summed E-state index contributed by atoms with van der Waals surface area (Å²) in [4.78, 5) is 11.3. The Morgan fingerprint density at radius 2 is 1.90 bits per heavy atom. The van der Waals surface area contributed by atoms with Crippen LogP contribution in [0.1, 0.15) is 34.7 Å². The van der Waals surface area contributed by atoms with Gasteiger partial charge in [0.05, 0.1) is 5.56 Å². The van der Waals surface area contributed by atoms with E-state index in [0.29, 0.717) is 0 Å². The molecule has 1 amide bonds. The van der Waals surface area contributed by atoms with Gasteiger partial charge in [0.15, 0.2) is 0 Å². The van der Waals surface area contributed by atoms with Crippen LogP contribution in [-0.2, 0) is 0 Å². The summed E-state index contributed by atoms with van der Waals surface area (Å²) in [6, 6.07) is 4.12. The van der Waals surface area contributed by atoms with E-state index in [2.05, 4.69) is 10.1 Å². The highest BCUT2D eigenvalue weighted by atomic mass is 35.5. The van der Waals surface area contributed by atoms with Crippen LogP contribution in [0.4, 0.5) is 13.2 Å². The molecule has 0 unspecified atom stereocenters. The van der Waals surface area contributed by atoms with Gasteiger partial charge in [0, 0.05) is 0 Å². The molecule has 1 fully saturated rings. The van der Waals surface area contributed by atoms with Gasteiger partial charge in [-0.3, -0.25) is 4.79 Å². The third kappa shape index (κ3) is 4.78. The van der Waals surface area contributed by atoms with Crippen molar-refractivity contribution >= 4 is 18.3 Å². The van der Waals surface area contributed by atoms with Crippen LogP contribution in [0, 0.1) is 0 Å². The predicted octanol–water partition coefficient (Wildman–Crippen LogP) is 2.57. The summed E-state index contributed by atoms with van der Waals surface area (Å²) in [5.74, 6) is -1.27. The first-order valence-corrected chi connectivity index (χ1v) is 6.27. The first-order valence-electron chi connectivity index (χ1n) is 6.27. The molecule has 0 radical (unpaired) electrons. The van der Waals surface area contributed by atoms with E-state index in [1.54, 1.807) is 6.07 Å². The molecular weight excluding hydrogens is 309 g/mol. The van der Waals surface area contributed by atoms with Crippen molar-refractivity contribution < 1.29 is 22.7 Å². The summed E-state index contributed by atoms with van der Waals surface area (Å²) in [5, 5.41) is 3.20. The highest BCUT2D eigenvalue weighted by molar-refractivity contribution is 5.95. The number of benzene rings is 1. The molecule has 8 heteroatoms. The second-order valence-corrected chi connectivity index (χ2v) is 4.69. The third-order valence-corrected chi connectivity index (χ3v) is 3.31. The number of piperidine rings is 1. The summed E-state index contributed by atoms with van der Waals surface area (Å²) in [5.41, 5.74) is 5.71. The van der Waals surface area contributed by atoms with Crippen molar-refractivity contribution in [1.82, 2.24) is 5.32 Å². The number of rotatable bonds is 3. The van der Waals surface area contributed by atoms with Gasteiger partial charge >= 0.3 is 6.36 Å². The number of primary amides is 1. The summed E-state index contributed by atoms with van der Waals surface area (Å²) in [6.45, 7) is 1.69. The fraction of sp³-hybridized carbons (Fsp3) is 0.462. The number of alkyl halides is 3. The van der Waals surface area contributed by atoms with E-state index < -0.39 is 18.0 Å². The molecule has 1 aliphatic heterocycles. The highest BCUT2D eigenvalue weighted by Gasteiger charge is 2.33. The molecule has 1 aromatic rings. The van der Waals surface area contributed by atoms with E-state index in [9.17, 15) is 18.0 Å². The van der Waals surface area contributed by atoms with Crippen molar-refractivity contribution in [1.29, 1.82) is 0 Å². The van der Waals surface area contributed by atoms with Crippen LogP contribution < -0.4 is 15.8 Å². The van der Waals surface area contributed by atoms with E-state index in [0.717, 1.165) is 37.6 Å². The number of nitrogens with two attached hydrogens (primary N) is 1. The van der Waals surface area contributed by atoms with Gasteiger partial charge in [-0.05, 0) is 49.5 Å². The van der Waals surface area contributed by atoms with Crippen molar-refractivity contribution in [3.63, 3.8) is 0 Å². The largest absolute Gasteiger partial charge is 0.573 e. The summed E-state index contributed by atoms with van der Waals surface area (Å²) >= 11 is 0. The average molecular weight is 325 g/mol. The standard InChI is InChI=1S/C13H15F3N2O2.ClH/c14-13(15,16)20-11-2-1-9(7-10(11)12(17)19)8-3-5-18-6-4-8;/h1-2,7-8,18H,3-6H2,(H2,17,19);1H. The van der Waals surface area contributed by atoms with Crippen molar-refractivity contribution in [2.45, 2.75) is 25.1 Å². The molecule has 0 saturated carbocycles. The second kappa shape index (κ2) is 7.00. The van der Waals surface area contributed by atoms with Crippen LogP contribution in [-0.4, -0.2) is 25.4 Å². The van der Waals surface area contributed by atoms with Gasteiger partial charge in [0.2, 0.25) is 0 Å². The Morgan fingerprint density at radius 1 is 1.29 bits per heavy atom. The van der Waals surface area contributed by atoms with Crippen LogP contribution in [0.15, 0.2) is 18.2 Å². The Bertz CT molecular complexity index is 503. The Balaban J connectivity index is 0.00000220. The molecule has 4 nitrogen and oxygen atoms in total. The first-order chi connectivity index (χ1) is 9.37. The third-order valence-electron chi connectivity index (χ3n) is 3.31. The zero-order chi connectivity index (χ0) is 14.8. The Labute approximate surface area is 126 Å². The van der Waals surface area contributed by atoms with Gasteiger partial charge in [-0.1, -0.05) is 6.07 Å². The van der Waals surface area contributed by atoms with Crippen LogP contribution in [0.3, 0.4) is 0 Å². The maximum Gasteiger partial charge on any atom is 0.573 e.